The van der Waals surface area contributed by atoms with Crippen LogP contribution in [0.1, 0.15) is 35.1 Å². The van der Waals surface area contributed by atoms with Crippen molar-refractivity contribution in [1.29, 1.82) is 0 Å². The van der Waals surface area contributed by atoms with Gasteiger partial charge in [-0.15, -0.1) is 0 Å². The Morgan fingerprint density at radius 2 is 1.76 bits per heavy atom. The van der Waals surface area contributed by atoms with Gasteiger partial charge in [-0.1, -0.05) is 17.7 Å². The average molecular weight is 291 g/mol. The molecule has 3 heteroatoms. The normalized spacial score (nSPS) is 19.5. The molecule has 118 valence electrons. The Bertz CT molecular complexity index is 455. The van der Waals surface area contributed by atoms with Gasteiger partial charge in [0.2, 0.25) is 0 Å². The molecule has 0 aliphatic carbocycles. The Labute approximate surface area is 129 Å². The van der Waals surface area contributed by atoms with Crippen molar-refractivity contribution < 1.29 is 9.47 Å². The summed E-state index contributed by atoms with van der Waals surface area (Å²) in [5, 5.41) is 3.50. The van der Waals surface area contributed by atoms with Crippen LogP contribution in [-0.4, -0.2) is 39.0 Å². The minimum absolute atomic E-state index is 0.114. The number of hydrogen-bond donors (Lipinski definition) is 1. The lowest BCUT2D eigenvalue weighted by Crippen LogP contribution is -2.55. The summed E-state index contributed by atoms with van der Waals surface area (Å²) in [7, 11) is 3.88. The van der Waals surface area contributed by atoms with Crippen LogP contribution in [-0.2, 0) is 15.9 Å². The van der Waals surface area contributed by atoms with Crippen LogP contribution >= 0.6 is 0 Å². The van der Waals surface area contributed by atoms with Gasteiger partial charge in [0.25, 0.3) is 0 Å². The van der Waals surface area contributed by atoms with Gasteiger partial charge >= 0.3 is 0 Å². The predicted octanol–water partition coefficient (Wildman–Crippen LogP) is 2.94. The number of hydrogen-bond acceptors (Lipinski definition) is 3. The fourth-order valence-corrected chi connectivity index (χ4v) is 3.70. The van der Waals surface area contributed by atoms with Crippen LogP contribution in [0.5, 0.6) is 0 Å². The van der Waals surface area contributed by atoms with E-state index in [-0.39, 0.29) is 5.60 Å². The van der Waals surface area contributed by atoms with E-state index in [1.165, 1.54) is 22.3 Å². The van der Waals surface area contributed by atoms with Gasteiger partial charge in [-0.25, -0.2) is 0 Å². The van der Waals surface area contributed by atoms with E-state index in [1.54, 1.807) is 0 Å². The van der Waals surface area contributed by atoms with Gasteiger partial charge in [-0.2, -0.15) is 0 Å². The maximum Gasteiger partial charge on any atom is 0.0877 e. The highest BCUT2D eigenvalue weighted by Crippen LogP contribution is 2.31. The van der Waals surface area contributed by atoms with E-state index in [4.69, 9.17) is 9.47 Å². The molecular weight excluding hydrogens is 262 g/mol. The lowest BCUT2D eigenvalue weighted by molar-refractivity contribution is -0.109. The Balaban J connectivity index is 2.26. The van der Waals surface area contributed by atoms with E-state index in [2.05, 4.69) is 38.2 Å². The van der Waals surface area contributed by atoms with Crippen LogP contribution in [0.4, 0.5) is 0 Å². The summed E-state index contributed by atoms with van der Waals surface area (Å²) in [6.45, 7) is 8.17. The van der Waals surface area contributed by atoms with Crippen LogP contribution in [0.3, 0.4) is 0 Å². The van der Waals surface area contributed by atoms with Crippen LogP contribution in [0.15, 0.2) is 12.1 Å². The van der Waals surface area contributed by atoms with Gasteiger partial charge in [0.05, 0.1) is 5.60 Å². The van der Waals surface area contributed by atoms with Gasteiger partial charge < -0.3 is 14.8 Å². The lowest BCUT2D eigenvalue weighted by Gasteiger charge is -2.42. The van der Waals surface area contributed by atoms with Crippen LogP contribution in [0.25, 0.3) is 0 Å². The molecule has 1 fully saturated rings. The third-order valence-electron chi connectivity index (χ3n) is 4.98. The minimum atomic E-state index is -0.114. The summed E-state index contributed by atoms with van der Waals surface area (Å²) in [6.07, 6.45) is 2.92. The highest BCUT2D eigenvalue weighted by atomic mass is 16.5. The first-order valence-corrected chi connectivity index (χ1v) is 7.89. The SMILES string of the molecule is CNC(Cc1c(C)cc(C)cc1C)C1(OC)CCOCC1. The predicted molar refractivity (Wildman–Crippen MR) is 87.0 cm³/mol. The Morgan fingerprint density at radius 3 is 2.24 bits per heavy atom. The maximum atomic E-state index is 5.96. The largest absolute Gasteiger partial charge is 0.381 e. The molecule has 2 rings (SSSR count). The van der Waals surface area contributed by atoms with E-state index in [9.17, 15) is 0 Å². The van der Waals surface area contributed by atoms with E-state index in [0.29, 0.717) is 6.04 Å². The summed E-state index contributed by atoms with van der Waals surface area (Å²) in [4.78, 5) is 0. The first-order chi connectivity index (χ1) is 10.0. The van der Waals surface area contributed by atoms with Crippen LogP contribution < -0.4 is 5.32 Å². The van der Waals surface area contributed by atoms with Gasteiger partial charge in [0.1, 0.15) is 0 Å². The second-order valence-corrected chi connectivity index (χ2v) is 6.30. The summed E-state index contributed by atoms with van der Waals surface area (Å²) < 4.78 is 11.5. The summed E-state index contributed by atoms with van der Waals surface area (Å²) in [5.41, 5.74) is 5.43. The number of methoxy groups -OCH3 is 1. The molecule has 3 nitrogen and oxygen atoms in total. The summed E-state index contributed by atoms with van der Waals surface area (Å²) >= 11 is 0. The van der Waals surface area contributed by atoms with Gasteiger partial charge in [0, 0.05) is 39.2 Å². The molecule has 1 atom stereocenters. The molecule has 0 radical (unpaired) electrons. The van der Waals surface area contributed by atoms with Crippen molar-refractivity contribution in [3.8, 4) is 0 Å². The zero-order valence-corrected chi connectivity index (χ0v) is 14.1. The van der Waals surface area contributed by atoms with E-state index in [1.807, 2.05) is 14.2 Å². The molecule has 1 aromatic carbocycles. The lowest BCUT2D eigenvalue weighted by atomic mass is 9.81. The zero-order chi connectivity index (χ0) is 15.5. The highest BCUT2D eigenvalue weighted by molar-refractivity contribution is 5.38. The van der Waals surface area contributed by atoms with Gasteiger partial charge in [-0.3, -0.25) is 0 Å². The highest BCUT2D eigenvalue weighted by Gasteiger charge is 2.40. The number of benzene rings is 1. The van der Waals surface area contributed by atoms with Gasteiger partial charge in [-0.05, 0) is 50.9 Å². The molecule has 0 saturated carbocycles. The molecule has 1 heterocycles. The first kappa shape index (κ1) is 16.5. The molecule has 1 saturated heterocycles. The molecular formula is C18H29NO2. The molecule has 0 bridgehead atoms. The maximum absolute atomic E-state index is 5.96. The molecule has 0 aromatic heterocycles. The average Bonchev–Trinajstić information content (AvgIpc) is 2.47. The fourth-order valence-electron chi connectivity index (χ4n) is 3.70. The standard InChI is InChI=1S/C18H29NO2/c1-13-10-14(2)16(15(3)11-13)12-17(19-4)18(20-5)6-8-21-9-7-18/h10-11,17,19H,6-9,12H2,1-5H3. The summed E-state index contributed by atoms with van der Waals surface area (Å²) in [6, 6.07) is 4.86. The number of likely N-dealkylation sites (N-methyl/N-ethyl adjacent to an activating group) is 1. The molecule has 1 unspecified atom stereocenters. The number of nitrogens with one attached hydrogen (secondary N) is 1. The Morgan fingerprint density at radius 1 is 1.19 bits per heavy atom. The number of aryl methyl sites for hydroxylation is 3. The molecule has 0 spiro atoms. The molecule has 21 heavy (non-hydrogen) atoms. The number of ether oxygens (including phenoxy) is 2. The Kier molecular flexibility index (Phi) is 5.42. The topological polar surface area (TPSA) is 30.5 Å². The molecule has 1 aromatic rings. The first-order valence-electron chi connectivity index (χ1n) is 7.89. The quantitative estimate of drug-likeness (QED) is 0.905. The third-order valence-corrected chi connectivity index (χ3v) is 4.98. The molecule has 1 aliphatic rings. The van der Waals surface area contributed by atoms with E-state index >= 15 is 0 Å². The number of rotatable bonds is 5. The van der Waals surface area contributed by atoms with Crippen LogP contribution in [0.2, 0.25) is 0 Å². The van der Waals surface area contributed by atoms with Crippen LogP contribution in [0, 0.1) is 20.8 Å². The van der Waals surface area contributed by atoms with Crippen molar-refractivity contribution in [1.82, 2.24) is 5.32 Å². The van der Waals surface area contributed by atoms with Gasteiger partial charge in [0.15, 0.2) is 0 Å². The van der Waals surface area contributed by atoms with Crippen molar-refractivity contribution in [2.24, 2.45) is 0 Å². The van der Waals surface area contributed by atoms with Crippen molar-refractivity contribution in [3.63, 3.8) is 0 Å². The third kappa shape index (κ3) is 3.47. The smallest absolute Gasteiger partial charge is 0.0877 e. The zero-order valence-electron chi connectivity index (χ0n) is 14.1. The van der Waals surface area contributed by atoms with Crippen molar-refractivity contribution >= 4 is 0 Å². The van der Waals surface area contributed by atoms with Crippen molar-refractivity contribution in [2.45, 2.75) is 51.7 Å². The van der Waals surface area contributed by atoms with E-state index < -0.39 is 0 Å². The molecule has 1 aliphatic heterocycles. The van der Waals surface area contributed by atoms with Crippen molar-refractivity contribution in [3.05, 3.63) is 34.4 Å². The van der Waals surface area contributed by atoms with Crippen molar-refractivity contribution in [2.75, 3.05) is 27.4 Å². The second-order valence-electron chi connectivity index (χ2n) is 6.30. The second kappa shape index (κ2) is 6.91. The molecule has 1 N–H and O–H groups in total. The minimum Gasteiger partial charge on any atom is -0.381 e. The van der Waals surface area contributed by atoms with E-state index in [0.717, 1.165) is 32.5 Å². The Hall–Kier alpha value is -0.900. The molecule has 0 amide bonds. The summed E-state index contributed by atoms with van der Waals surface area (Å²) in [5.74, 6) is 0. The fraction of sp³-hybridized carbons (Fsp3) is 0.667. The monoisotopic (exact) mass is 291 g/mol.